The van der Waals surface area contributed by atoms with E-state index in [1.54, 1.807) is 0 Å². The number of imidazole rings is 1. The summed E-state index contributed by atoms with van der Waals surface area (Å²) >= 11 is 0. The molecule has 1 aromatic rings. The highest BCUT2D eigenvalue weighted by molar-refractivity contribution is 5.08. The Bertz CT molecular complexity index is 250. The summed E-state index contributed by atoms with van der Waals surface area (Å²) in [5.74, 6) is 0. The maximum absolute atomic E-state index is 4.24. The van der Waals surface area contributed by atoms with Crippen LogP contribution in [0.15, 0.2) is 6.33 Å². The molecule has 0 N–H and O–H groups in total. The molecule has 0 saturated carbocycles. The molecule has 0 fully saturated rings. The second-order valence-electron chi connectivity index (χ2n) is 3.41. The van der Waals surface area contributed by atoms with E-state index in [1.165, 1.54) is 5.69 Å². The molecule has 0 unspecified atom stereocenters. The van der Waals surface area contributed by atoms with Crippen LogP contribution in [0.1, 0.15) is 11.4 Å². The molecule has 0 amide bonds. The third kappa shape index (κ3) is 2.08. The van der Waals surface area contributed by atoms with Gasteiger partial charge in [0.2, 0.25) is 0 Å². The largest absolute Gasteiger partial charge is 0.333 e. The molecule has 0 radical (unpaired) electrons. The van der Waals surface area contributed by atoms with Gasteiger partial charge in [-0.25, -0.2) is 4.98 Å². The maximum atomic E-state index is 4.24. The van der Waals surface area contributed by atoms with Crippen LogP contribution in [-0.2, 0) is 6.54 Å². The average Bonchev–Trinajstić information content (AvgIpc) is 2.30. The van der Waals surface area contributed by atoms with E-state index in [2.05, 4.69) is 35.5 Å². The lowest BCUT2D eigenvalue weighted by molar-refractivity contribution is 0.382. The SMILES string of the molecule is Cc1ncn(CCN(C)C)c1C. The predicted molar refractivity (Wildman–Crippen MR) is 50.3 cm³/mol. The zero-order valence-electron chi connectivity index (χ0n) is 8.33. The van der Waals surface area contributed by atoms with Crippen LogP contribution in [0, 0.1) is 13.8 Å². The van der Waals surface area contributed by atoms with Crippen LogP contribution in [-0.4, -0.2) is 35.1 Å². The first-order chi connectivity index (χ1) is 5.61. The normalized spacial score (nSPS) is 11.1. The molecule has 12 heavy (non-hydrogen) atoms. The quantitative estimate of drug-likeness (QED) is 0.671. The first-order valence-corrected chi connectivity index (χ1v) is 4.24. The molecule has 0 aliphatic heterocycles. The smallest absolute Gasteiger partial charge is 0.0951 e. The van der Waals surface area contributed by atoms with Gasteiger partial charge in [0, 0.05) is 18.8 Å². The lowest BCUT2D eigenvalue weighted by Gasteiger charge is -2.10. The highest BCUT2D eigenvalue weighted by Gasteiger charge is 2.00. The molecule has 0 saturated heterocycles. The van der Waals surface area contributed by atoms with E-state index in [0.717, 1.165) is 18.8 Å². The van der Waals surface area contributed by atoms with E-state index >= 15 is 0 Å². The van der Waals surface area contributed by atoms with E-state index in [4.69, 9.17) is 0 Å². The maximum Gasteiger partial charge on any atom is 0.0951 e. The van der Waals surface area contributed by atoms with Gasteiger partial charge in [0.15, 0.2) is 0 Å². The van der Waals surface area contributed by atoms with Crippen LogP contribution in [0.2, 0.25) is 0 Å². The zero-order valence-corrected chi connectivity index (χ0v) is 8.33. The Morgan fingerprint density at radius 3 is 2.50 bits per heavy atom. The minimum absolute atomic E-state index is 1.03. The van der Waals surface area contributed by atoms with Crippen LogP contribution in [0.3, 0.4) is 0 Å². The lowest BCUT2D eigenvalue weighted by atomic mass is 10.4. The van der Waals surface area contributed by atoms with Crippen molar-refractivity contribution in [3.63, 3.8) is 0 Å². The fourth-order valence-corrected chi connectivity index (χ4v) is 1.08. The van der Waals surface area contributed by atoms with Crippen molar-refractivity contribution in [1.29, 1.82) is 0 Å². The zero-order chi connectivity index (χ0) is 9.14. The fraction of sp³-hybridized carbons (Fsp3) is 0.667. The molecular formula is C9H17N3. The van der Waals surface area contributed by atoms with Crippen molar-refractivity contribution in [3.8, 4) is 0 Å². The molecule has 0 aliphatic rings. The summed E-state index contributed by atoms with van der Waals surface area (Å²) in [6.45, 7) is 6.25. The van der Waals surface area contributed by atoms with E-state index in [9.17, 15) is 0 Å². The van der Waals surface area contributed by atoms with Crippen molar-refractivity contribution < 1.29 is 0 Å². The second kappa shape index (κ2) is 3.72. The average molecular weight is 167 g/mol. The standard InChI is InChI=1S/C9H17N3/c1-8-9(2)12(7-10-8)6-5-11(3)4/h7H,5-6H2,1-4H3. The highest BCUT2D eigenvalue weighted by Crippen LogP contribution is 2.03. The fourth-order valence-electron chi connectivity index (χ4n) is 1.08. The number of rotatable bonds is 3. The molecule has 1 heterocycles. The Labute approximate surface area is 74.0 Å². The van der Waals surface area contributed by atoms with Crippen molar-refractivity contribution in [2.45, 2.75) is 20.4 Å². The molecule has 68 valence electrons. The van der Waals surface area contributed by atoms with Gasteiger partial charge in [0.05, 0.1) is 12.0 Å². The summed E-state index contributed by atoms with van der Waals surface area (Å²) in [5, 5.41) is 0. The van der Waals surface area contributed by atoms with Gasteiger partial charge in [0.1, 0.15) is 0 Å². The van der Waals surface area contributed by atoms with Crippen molar-refractivity contribution in [3.05, 3.63) is 17.7 Å². The molecule has 3 heteroatoms. The Balaban J connectivity index is 2.58. The van der Waals surface area contributed by atoms with Gasteiger partial charge in [-0.2, -0.15) is 0 Å². The Kier molecular flexibility index (Phi) is 2.87. The van der Waals surface area contributed by atoms with Crippen molar-refractivity contribution in [1.82, 2.24) is 14.5 Å². The van der Waals surface area contributed by atoms with Crippen LogP contribution >= 0.6 is 0 Å². The Hall–Kier alpha value is -0.830. The molecule has 3 nitrogen and oxygen atoms in total. The van der Waals surface area contributed by atoms with Gasteiger partial charge >= 0.3 is 0 Å². The van der Waals surface area contributed by atoms with Crippen LogP contribution in [0.4, 0.5) is 0 Å². The van der Waals surface area contributed by atoms with Crippen molar-refractivity contribution >= 4 is 0 Å². The molecule has 0 atom stereocenters. The number of hydrogen-bond donors (Lipinski definition) is 0. The van der Waals surface area contributed by atoms with Gasteiger partial charge < -0.3 is 9.47 Å². The van der Waals surface area contributed by atoms with E-state index in [0.29, 0.717) is 0 Å². The molecule has 0 aliphatic carbocycles. The summed E-state index contributed by atoms with van der Waals surface area (Å²) in [5.41, 5.74) is 2.41. The summed E-state index contributed by atoms with van der Waals surface area (Å²) in [4.78, 5) is 6.41. The van der Waals surface area contributed by atoms with E-state index < -0.39 is 0 Å². The van der Waals surface area contributed by atoms with E-state index in [-0.39, 0.29) is 0 Å². The topological polar surface area (TPSA) is 21.1 Å². The lowest BCUT2D eigenvalue weighted by Crippen LogP contribution is -2.18. The minimum Gasteiger partial charge on any atom is -0.333 e. The monoisotopic (exact) mass is 167 g/mol. The van der Waals surface area contributed by atoms with Crippen molar-refractivity contribution in [2.75, 3.05) is 20.6 Å². The van der Waals surface area contributed by atoms with Crippen LogP contribution in [0.5, 0.6) is 0 Å². The highest BCUT2D eigenvalue weighted by atomic mass is 15.1. The number of likely N-dealkylation sites (N-methyl/N-ethyl adjacent to an activating group) is 1. The number of aryl methyl sites for hydroxylation is 1. The predicted octanol–water partition coefficient (Wildman–Crippen LogP) is 1.06. The molecule has 1 rings (SSSR count). The van der Waals surface area contributed by atoms with Gasteiger partial charge in [-0.1, -0.05) is 0 Å². The van der Waals surface area contributed by atoms with Gasteiger partial charge in [-0.15, -0.1) is 0 Å². The third-order valence-electron chi connectivity index (χ3n) is 2.13. The van der Waals surface area contributed by atoms with Gasteiger partial charge in [0.25, 0.3) is 0 Å². The molecule has 0 spiro atoms. The van der Waals surface area contributed by atoms with Crippen LogP contribution in [0.25, 0.3) is 0 Å². The Morgan fingerprint density at radius 2 is 2.08 bits per heavy atom. The summed E-state index contributed by atoms with van der Waals surface area (Å²) < 4.78 is 2.19. The first-order valence-electron chi connectivity index (χ1n) is 4.24. The third-order valence-corrected chi connectivity index (χ3v) is 2.13. The number of hydrogen-bond acceptors (Lipinski definition) is 2. The first kappa shape index (κ1) is 9.26. The molecule has 1 aromatic heterocycles. The van der Waals surface area contributed by atoms with E-state index in [1.807, 2.05) is 13.3 Å². The van der Waals surface area contributed by atoms with Gasteiger partial charge in [-0.05, 0) is 27.9 Å². The van der Waals surface area contributed by atoms with Gasteiger partial charge in [-0.3, -0.25) is 0 Å². The van der Waals surface area contributed by atoms with Crippen molar-refractivity contribution in [2.24, 2.45) is 0 Å². The summed E-state index contributed by atoms with van der Waals surface area (Å²) in [6, 6.07) is 0. The summed E-state index contributed by atoms with van der Waals surface area (Å²) in [7, 11) is 4.16. The van der Waals surface area contributed by atoms with Crippen LogP contribution < -0.4 is 0 Å². The summed E-state index contributed by atoms with van der Waals surface area (Å²) in [6.07, 6.45) is 1.91. The second-order valence-corrected chi connectivity index (χ2v) is 3.41. The molecule has 0 aromatic carbocycles. The number of aromatic nitrogens is 2. The number of nitrogens with zero attached hydrogens (tertiary/aromatic N) is 3. The Morgan fingerprint density at radius 1 is 1.42 bits per heavy atom. The minimum atomic E-state index is 1.03. The molecular weight excluding hydrogens is 150 g/mol. The molecule has 0 bridgehead atoms.